The second-order valence-electron chi connectivity index (χ2n) is 5.51. The van der Waals surface area contributed by atoms with Crippen LogP contribution in [0.5, 0.6) is 17.2 Å². The summed E-state index contributed by atoms with van der Waals surface area (Å²) < 4.78 is 22.5. The fourth-order valence-electron chi connectivity index (χ4n) is 2.39. The molecule has 2 aromatic carbocycles. The Morgan fingerprint density at radius 3 is 2.52 bits per heavy atom. The number of benzene rings is 2. The van der Waals surface area contributed by atoms with Crippen molar-refractivity contribution in [2.24, 2.45) is 0 Å². The molecule has 1 heterocycles. The molecule has 0 saturated heterocycles. The number of rotatable bonds is 7. The summed E-state index contributed by atoms with van der Waals surface area (Å²) in [6.45, 7) is 0.215. The van der Waals surface area contributed by atoms with Gasteiger partial charge in [-0.25, -0.2) is 0 Å². The van der Waals surface area contributed by atoms with Crippen LogP contribution in [0.25, 0.3) is 0 Å². The molecule has 1 amide bonds. The van der Waals surface area contributed by atoms with E-state index in [9.17, 15) is 4.79 Å². The molecule has 0 bridgehead atoms. The zero-order valence-corrected chi connectivity index (χ0v) is 16.4. The maximum Gasteiger partial charge on any atom is 0.291 e. The van der Waals surface area contributed by atoms with Crippen molar-refractivity contribution >= 4 is 27.5 Å². The predicted octanol–water partition coefficient (Wildman–Crippen LogP) is 4.89. The number of ether oxygens (including phenoxy) is 3. The zero-order valence-electron chi connectivity index (χ0n) is 14.8. The molecular weight excluding hydrogens is 414 g/mol. The lowest BCUT2D eigenvalue weighted by atomic mass is 10.2. The number of methoxy groups -OCH3 is 2. The molecule has 0 aliphatic rings. The van der Waals surface area contributed by atoms with Crippen LogP contribution in [-0.2, 0) is 6.61 Å². The van der Waals surface area contributed by atoms with Crippen LogP contribution in [-0.4, -0.2) is 20.1 Å². The molecule has 0 radical (unpaired) electrons. The van der Waals surface area contributed by atoms with E-state index < -0.39 is 0 Å². The molecule has 0 unspecified atom stereocenters. The predicted molar refractivity (Wildman–Crippen MR) is 105 cm³/mol. The van der Waals surface area contributed by atoms with Gasteiger partial charge in [-0.05, 0) is 52.3 Å². The lowest BCUT2D eigenvalue weighted by molar-refractivity contribution is 0.0992. The van der Waals surface area contributed by atoms with Crippen LogP contribution >= 0.6 is 15.9 Å². The Balaban J connectivity index is 1.64. The van der Waals surface area contributed by atoms with Gasteiger partial charge in [0.2, 0.25) is 0 Å². The Labute approximate surface area is 165 Å². The highest BCUT2D eigenvalue weighted by Gasteiger charge is 2.14. The SMILES string of the molecule is COc1ccc(NC(=O)c2ccc(COc3ccccc3Br)o2)cc1OC. The summed E-state index contributed by atoms with van der Waals surface area (Å²) in [5.41, 5.74) is 0.570. The van der Waals surface area contributed by atoms with Gasteiger partial charge < -0.3 is 23.9 Å². The number of amides is 1. The minimum Gasteiger partial charge on any atom is -0.493 e. The molecule has 0 fully saturated rings. The number of carbonyl (C=O) groups is 1. The minimum atomic E-state index is -0.366. The lowest BCUT2D eigenvalue weighted by Crippen LogP contribution is -2.11. The van der Waals surface area contributed by atoms with Gasteiger partial charge in [0.1, 0.15) is 18.1 Å². The molecular formula is C20H18BrNO5. The summed E-state index contributed by atoms with van der Waals surface area (Å²) in [5, 5.41) is 2.76. The van der Waals surface area contributed by atoms with Crippen molar-refractivity contribution in [2.75, 3.05) is 19.5 Å². The smallest absolute Gasteiger partial charge is 0.291 e. The number of hydrogen-bond donors (Lipinski definition) is 1. The maximum atomic E-state index is 12.4. The van der Waals surface area contributed by atoms with Gasteiger partial charge in [-0.1, -0.05) is 12.1 Å². The molecule has 0 spiro atoms. The van der Waals surface area contributed by atoms with Gasteiger partial charge in [0.25, 0.3) is 5.91 Å². The number of carbonyl (C=O) groups excluding carboxylic acids is 1. The van der Waals surface area contributed by atoms with E-state index in [0.29, 0.717) is 28.7 Å². The lowest BCUT2D eigenvalue weighted by Gasteiger charge is -2.10. The normalized spacial score (nSPS) is 10.3. The van der Waals surface area contributed by atoms with E-state index in [-0.39, 0.29) is 18.3 Å². The third-order valence-electron chi connectivity index (χ3n) is 3.73. The Bertz CT molecular complexity index is 938. The van der Waals surface area contributed by atoms with Crippen molar-refractivity contribution in [3.05, 3.63) is 70.6 Å². The minimum absolute atomic E-state index is 0.190. The fourth-order valence-corrected chi connectivity index (χ4v) is 2.79. The molecule has 0 aliphatic heterocycles. The summed E-state index contributed by atoms with van der Waals surface area (Å²) in [6, 6.07) is 15.9. The second kappa shape index (κ2) is 8.64. The summed E-state index contributed by atoms with van der Waals surface area (Å²) >= 11 is 3.42. The number of halogens is 1. The number of para-hydroxylation sites is 1. The van der Waals surface area contributed by atoms with E-state index in [1.807, 2.05) is 24.3 Å². The van der Waals surface area contributed by atoms with E-state index in [2.05, 4.69) is 21.2 Å². The number of hydrogen-bond acceptors (Lipinski definition) is 5. The molecule has 140 valence electrons. The van der Waals surface area contributed by atoms with Crippen LogP contribution in [0.15, 0.2) is 63.5 Å². The molecule has 0 atom stereocenters. The van der Waals surface area contributed by atoms with Crippen molar-refractivity contribution < 1.29 is 23.4 Å². The van der Waals surface area contributed by atoms with Crippen molar-refractivity contribution in [2.45, 2.75) is 6.61 Å². The van der Waals surface area contributed by atoms with Gasteiger partial charge >= 0.3 is 0 Å². The van der Waals surface area contributed by atoms with Crippen LogP contribution < -0.4 is 19.5 Å². The Hall–Kier alpha value is -2.93. The van der Waals surface area contributed by atoms with Crippen LogP contribution in [0.2, 0.25) is 0 Å². The molecule has 0 saturated carbocycles. The van der Waals surface area contributed by atoms with Crippen molar-refractivity contribution in [3.63, 3.8) is 0 Å². The van der Waals surface area contributed by atoms with Crippen molar-refractivity contribution in [1.29, 1.82) is 0 Å². The molecule has 7 heteroatoms. The standard InChI is InChI=1S/C20H18BrNO5/c1-24-17-9-7-13(11-19(17)25-2)22-20(23)18-10-8-14(27-18)12-26-16-6-4-3-5-15(16)21/h3-11H,12H2,1-2H3,(H,22,23). The van der Waals surface area contributed by atoms with Crippen molar-refractivity contribution in [1.82, 2.24) is 0 Å². The topological polar surface area (TPSA) is 69.9 Å². The molecule has 1 N–H and O–H groups in total. The molecule has 3 aromatic rings. The maximum absolute atomic E-state index is 12.4. The first-order chi connectivity index (χ1) is 13.1. The highest BCUT2D eigenvalue weighted by atomic mass is 79.9. The first-order valence-corrected chi connectivity index (χ1v) is 8.89. The summed E-state index contributed by atoms with van der Waals surface area (Å²) in [7, 11) is 3.09. The van der Waals surface area contributed by atoms with Gasteiger partial charge in [0.05, 0.1) is 18.7 Å². The van der Waals surface area contributed by atoms with Gasteiger partial charge in [-0.3, -0.25) is 4.79 Å². The molecule has 27 heavy (non-hydrogen) atoms. The van der Waals surface area contributed by atoms with E-state index in [0.717, 1.165) is 4.47 Å². The summed E-state index contributed by atoms with van der Waals surface area (Å²) in [4.78, 5) is 12.4. The van der Waals surface area contributed by atoms with Gasteiger partial charge in [0, 0.05) is 11.8 Å². The van der Waals surface area contributed by atoms with Crippen LogP contribution in [0.1, 0.15) is 16.3 Å². The number of anilines is 1. The Morgan fingerprint density at radius 1 is 1.00 bits per heavy atom. The highest BCUT2D eigenvalue weighted by molar-refractivity contribution is 9.10. The first kappa shape index (κ1) is 18.8. The Kier molecular flexibility index (Phi) is 6.03. The number of furan rings is 1. The monoisotopic (exact) mass is 431 g/mol. The Morgan fingerprint density at radius 2 is 1.78 bits per heavy atom. The average molecular weight is 432 g/mol. The van der Waals surface area contributed by atoms with Crippen LogP contribution in [0, 0.1) is 0 Å². The van der Waals surface area contributed by atoms with Crippen LogP contribution in [0.3, 0.4) is 0 Å². The largest absolute Gasteiger partial charge is 0.493 e. The van der Waals surface area contributed by atoms with Gasteiger partial charge in [-0.2, -0.15) is 0 Å². The highest BCUT2D eigenvalue weighted by Crippen LogP contribution is 2.30. The third kappa shape index (κ3) is 4.62. The van der Waals surface area contributed by atoms with E-state index >= 15 is 0 Å². The first-order valence-electron chi connectivity index (χ1n) is 8.10. The van der Waals surface area contributed by atoms with Crippen molar-refractivity contribution in [3.8, 4) is 17.2 Å². The number of nitrogens with one attached hydrogen (secondary N) is 1. The van der Waals surface area contributed by atoms with E-state index in [1.165, 1.54) is 7.11 Å². The molecule has 1 aromatic heterocycles. The molecule has 6 nitrogen and oxygen atoms in total. The van der Waals surface area contributed by atoms with E-state index in [4.69, 9.17) is 18.6 Å². The second-order valence-corrected chi connectivity index (χ2v) is 6.36. The van der Waals surface area contributed by atoms with Gasteiger partial charge in [0.15, 0.2) is 17.3 Å². The summed E-state index contributed by atoms with van der Waals surface area (Å²) in [6.07, 6.45) is 0. The van der Waals surface area contributed by atoms with E-state index in [1.54, 1.807) is 37.4 Å². The zero-order chi connectivity index (χ0) is 19.2. The quantitative estimate of drug-likeness (QED) is 0.576. The molecule has 3 rings (SSSR count). The third-order valence-corrected chi connectivity index (χ3v) is 4.39. The summed E-state index contributed by atoms with van der Waals surface area (Å²) in [5.74, 6) is 2.18. The van der Waals surface area contributed by atoms with Crippen LogP contribution in [0.4, 0.5) is 5.69 Å². The average Bonchev–Trinajstić information content (AvgIpc) is 3.16. The fraction of sp³-hybridized carbons (Fsp3) is 0.150. The molecule has 0 aliphatic carbocycles. The van der Waals surface area contributed by atoms with Gasteiger partial charge in [-0.15, -0.1) is 0 Å².